The monoisotopic (exact) mass is 341 g/mol. The van der Waals surface area contributed by atoms with Gasteiger partial charge < -0.3 is 10.1 Å². The topological polar surface area (TPSA) is 56.1 Å². The number of aryl methyl sites for hydroxylation is 1. The first-order chi connectivity index (χ1) is 11.2. The first-order valence-corrected chi connectivity index (χ1v) is 7.27. The summed E-state index contributed by atoms with van der Waals surface area (Å²) < 4.78 is 44.3. The zero-order valence-corrected chi connectivity index (χ0v) is 13.5. The number of aromatic nitrogens is 2. The summed E-state index contributed by atoms with van der Waals surface area (Å²) in [5.74, 6) is -0.277. The van der Waals surface area contributed by atoms with E-state index >= 15 is 0 Å². The van der Waals surface area contributed by atoms with Crippen LogP contribution in [0.15, 0.2) is 30.3 Å². The van der Waals surface area contributed by atoms with Crippen molar-refractivity contribution in [1.82, 2.24) is 9.78 Å². The highest BCUT2D eigenvalue weighted by Gasteiger charge is 2.34. The summed E-state index contributed by atoms with van der Waals surface area (Å²) in [4.78, 5) is 12.2. The number of ether oxygens (including phenoxy) is 1. The van der Waals surface area contributed by atoms with Crippen LogP contribution in [-0.4, -0.2) is 22.8 Å². The van der Waals surface area contributed by atoms with E-state index in [9.17, 15) is 18.0 Å². The number of carbonyl (C=O) groups is 1. The average Bonchev–Trinajstić information content (AvgIpc) is 2.88. The zero-order chi connectivity index (χ0) is 17.9. The molecule has 1 atom stereocenters. The molecule has 0 bridgehead atoms. The van der Waals surface area contributed by atoms with E-state index in [0.717, 1.165) is 6.07 Å². The van der Waals surface area contributed by atoms with E-state index in [1.54, 1.807) is 31.2 Å². The molecule has 130 valence electrons. The Balaban J connectivity index is 2.05. The van der Waals surface area contributed by atoms with Crippen LogP contribution in [0, 0.1) is 12.8 Å². The lowest BCUT2D eigenvalue weighted by Crippen LogP contribution is -2.25. The molecule has 0 saturated carbocycles. The maximum atomic E-state index is 12.7. The molecule has 1 aromatic heterocycles. The van der Waals surface area contributed by atoms with Crippen LogP contribution in [0.2, 0.25) is 0 Å². The van der Waals surface area contributed by atoms with E-state index in [2.05, 4.69) is 10.4 Å². The molecule has 0 saturated heterocycles. The number of nitrogens with one attached hydrogen (secondary N) is 1. The molecule has 1 unspecified atom stereocenters. The van der Waals surface area contributed by atoms with Gasteiger partial charge in [0.15, 0.2) is 5.69 Å². The number of benzene rings is 1. The van der Waals surface area contributed by atoms with Crippen molar-refractivity contribution in [3.63, 3.8) is 0 Å². The van der Waals surface area contributed by atoms with Gasteiger partial charge >= 0.3 is 6.18 Å². The number of nitrogens with zero attached hydrogens (tertiary/aromatic N) is 2. The van der Waals surface area contributed by atoms with Gasteiger partial charge in [0, 0.05) is 17.4 Å². The summed E-state index contributed by atoms with van der Waals surface area (Å²) in [6.07, 6.45) is -4.50. The minimum absolute atomic E-state index is 0.0533. The van der Waals surface area contributed by atoms with Gasteiger partial charge in [-0.05, 0) is 25.1 Å². The lowest BCUT2D eigenvalue weighted by atomic mass is 10.1. The molecule has 5 nitrogen and oxygen atoms in total. The fraction of sp³-hybridized carbons (Fsp3) is 0.375. The van der Waals surface area contributed by atoms with E-state index in [1.165, 1.54) is 18.7 Å². The van der Waals surface area contributed by atoms with Gasteiger partial charge in [-0.3, -0.25) is 9.48 Å². The fourth-order valence-electron chi connectivity index (χ4n) is 2.14. The number of alkyl halides is 3. The molecule has 1 heterocycles. The van der Waals surface area contributed by atoms with Crippen LogP contribution >= 0.6 is 0 Å². The van der Waals surface area contributed by atoms with Crippen molar-refractivity contribution < 1.29 is 22.7 Å². The molecule has 0 aliphatic heterocycles. The third kappa shape index (κ3) is 4.27. The summed E-state index contributed by atoms with van der Waals surface area (Å²) in [5, 5.41) is 6.24. The number of halogens is 3. The highest BCUT2D eigenvalue weighted by molar-refractivity contribution is 5.92. The molecule has 0 radical (unpaired) electrons. The van der Waals surface area contributed by atoms with Gasteiger partial charge in [0.25, 0.3) is 0 Å². The van der Waals surface area contributed by atoms with Crippen LogP contribution in [0.3, 0.4) is 0 Å². The van der Waals surface area contributed by atoms with E-state index in [1.807, 2.05) is 0 Å². The molecule has 1 N–H and O–H groups in total. The molecule has 1 amide bonds. The third-order valence-electron chi connectivity index (χ3n) is 3.50. The Labute approximate surface area is 137 Å². The number of methoxy groups -OCH3 is 1. The minimum atomic E-state index is -4.50. The van der Waals surface area contributed by atoms with Gasteiger partial charge in [-0.25, -0.2) is 0 Å². The Hall–Kier alpha value is -2.51. The molecule has 1 aromatic carbocycles. The second-order valence-corrected chi connectivity index (χ2v) is 5.47. The SMILES string of the molecule is COc1cccc(NC(=O)C(C)Cn2nc(C(F)(F)F)cc2C)c1. The Morgan fingerprint density at radius 3 is 2.67 bits per heavy atom. The number of anilines is 1. The van der Waals surface area contributed by atoms with Gasteiger partial charge in [0.2, 0.25) is 5.91 Å². The van der Waals surface area contributed by atoms with Crippen LogP contribution in [0.1, 0.15) is 18.3 Å². The van der Waals surface area contributed by atoms with Crippen molar-refractivity contribution in [2.75, 3.05) is 12.4 Å². The van der Waals surface area contributed by atoms with Gasteiger partial charge in [0.05, 0.1) is 19.6 Å². The van der Waals surface area contributed by atoms with Gasteiger partial charge in [-0.1, -0.05) is 13.0 Å². The van der Waals surface area contributed by atoms with Gasteiger partial charge in [0.1, 0.15) is 5.75 Å². The summed E-state index contributed by atoms with van der Waals surface area (Å²) in [6.45, 7) is 3.20. The predicted octanol–water partition coefficient (Wildman–Crippen LogP) is 3.49. The van der Waals surface area contributed by atoms with E-state index in [0.29, 0.717) is 17.1 Å². The number of hydrogen-bond acceptors (Lipinski definition) is 3. The molecule has 24 heavy (non-hydrogen) atoms. The van der Waals surface area contributed by atoms with Crippen LogP contribution < -0.4 is 10.1 Å². The van der Waals surface area contributed by atoms with E-state index in [4.69, 9.17) is 4.74 Å². The molecular formula is C16H18F3N3O2. The normalized spacial score (nSPS) is 12.8. The van der Waals surface area contributed by atoms with Crippen molar-refractivity contribution in [3.8, 4) is 5.75 Å². The lowest BCUT2D eigenvalue weighted by Gasteiger charge is -2.14. The molecule has 0 fully saturated rings. The summed E-state index contributed by atoms with van der Waals surface area (Å²) in [5.41, 5.74) is -0.0527. The summed E-state index contributed by atoms with van der Waals surface area (Å²) >= 11 is 0. The first-order valence-electron chi connectivity index (χ1n) is 7.27. The quantitative estimate of drug-likeness (QED) is 0.906. The first kappa shape index (κ1) is 17.8. The minimum Gasteiger partial charge on any atom is -0.497 e. The predicted molar refractivity (Wildman–Crippen MR) is 82.8 cm³/mol. The maximum Gasteiger partial charge on any atom is 0.435 e. The Morgan fingerprint density at radius 2 is 2.08 bits per heavy atom. The van der Waals surface area contributed by atoms with E-state index in [-0.39, 0.29) is 12.5 Å². The smallest absolute Gasteiger partial charge is 0.435 e. The second kappa shape index (κ2) is 6.94. The number of amides is 1. The van der Waals surface area contributed by atoms with Crippen LogP contribution in [-0.2, 0) is 17.5 Å². The van der Waals surface area contributed by atoms with Crippen LogP contribution in [0.25, 0.3) is 0 Å². The van der Waals surface area contributed by atoms with Crippen molar-refractivity contribution in [2.24, 2.45) is 5.92 Å². The molecule has 0 spiro atoms. The van der Waals surface area contributed by atoms with E-state index < -0.39 is 17.8 Å². The summed E-state index contributed by atoms with van der Waals surface area (Å²) in [6, 6.07) is 7.80. The van der Waals surface area contributed by atoms with Crippen molar-refractivity contribution >= 4 is 11.6 Å². The Morgan fingerprint density at radius 1 is 1.38 bits per heavy atom. The van der Waals surface area contributed by atoms with Crippen molar-refractivity contribution in [2.45, 2.75) is 26.6 Å². The summed E-state index contributed by atoms with van der Waals surface area (Å²) in [7, 11) is 1.52. The molecule has 2 rings (SSSR count). The molecule has 0 aliphatic carbocycles. The lowest BCUT2D eigenvalue weighted by molar-refractivity contribution is -0.141. The number of carbonyl (C=O) groups excluding carboxylic acids is 1. The maximum absolute atomic E-state index is 12.7. The average molecular weight is 341 g/mol. The molecule has 8 heteroatoms. The zero-order valence-electron chi connectivity index (χ0n) is 13.5. The largest absolute Gasteiger partial charge is 0.497 e. The van der Waals surface area contributed by atoms with Crippen LogP contribution in [0.4, 0.5) is 18.9 Å². The Bertz CT molecular complexity index is 726. The third-order valence-corrected chi connectivity index (χ3v) is 3.50. The van der Waals surface area contributed by atoms with Crippen LogP contribution in [0.5, 0.6) is 5.75 Å². The fourth-order valence-corrected chi connectivity index (χ4v) is 2.14. The Kier molecular flexibility index (Phi) is 5.16. The molecular weight excluding hydrogens is 323 g/mol. The second-order valence-electron chi connectivity index (χ2n) is 5.47. The highest BCUT2D eigenvalue weighted by atomic mass is 19.4. The van der Waals surface area contributed by atoms with Crippen molar-refractivity contribution in [1.29, 1.82) is 0 Å². The number of rotatable bonds is 5. The standard InChI is InChI=1S/C16H18F3N3O2/c1-10(9-22-11(2)7-14(21-22)16(17,18)19)15(23)20-12-5-4-6-13(8-12)24-3/h4-8,10H,9H2,1-3H3,(H,20,23). The van der Waals surface area contributed by atoms with Gasteiger partial charge in [-0.2, -0.15) is 18.3 Å². The van der Waals surface area contributed by atoms with Gasteiger partial charge in [-0.15, -0.1) is 0 Å². The van der Waals surface area contributed by atoms with Crippen molar-refractivity contribution in [3.05, 3.63) is 41.7 Å². The molecule has 2 aromatic rings. The highest BCUT2D eigenvalue weighted by Crippen LogP contribution is 2.28. The number of hydrogen-bond donors (Lipinski definition) is 1. The molecule has 0 aliphatic rings.